The number of aromatic nitrogens is 6. The van der Waals surface area contributed by atoms with Gasteiger partial charge in [0.05, 0.1) is 94.8 Å². The molecule has 6 aromatic rings. The number of carbonyl (C=O) groups excluding carboxylic acids is 5. The molecular weight excluding hydrogens is 1210 g/mol. The molecule has 1 aliphatic heterocycles. The SMILES string of the molecule is Cc1ncsc1-c1ccc(CNC(=O)C2C[C@@H](O)CN2C(=O)[C@@H](NC(=O)COCCOCCOCCOCCOCCOCCCCCC(=O)N(C)CCCn2c(CNc3cccc(C(=O)NCc4c(F)cccc4F)c3)nnc2-c2ccncn2)C(C)(C)C)cc1. The molecule has 1 saturated heterocycles. The van der Waals surface area contributed by atoms with Crippen LogP contribution in [0.2, 0.25) is 0 Å². The summed E-state index contributed by atoms with van der Waals surface area (Å²) in [6.07, 6.45) is 5.69. The Balaban J connectivity index is 0.656. The summed E-state index contributed by atoms with van der Waals surface area (Å²) in [6.45, 7) is 12.3. The Morgan fingerprint density at radius 1 is 0.761 bits per heavy atom. The summed E-state index contributed by atoms with van der Waals surface area (Å²) in [5.41, 5.74) is 5.26. The zero-order valence-electron chi connectivity index (χ0n) is 53.0. The first-order valence-electron chi connectivity index (χ1n) is 31.0. The monoisotopic (exact) mass is 1300 g/mol. The van der Waals surface area contributed by atoms with Crippen molar-refractivity contribution >= 4 is 46.6 Å². The van der Waals surface area contributed by atoms with Crippen molar-refractivity contribution in [3.8, 4) is 22.0 Å². The van der Waals surface area contributed by atoms with Crippen LogP contribution < -0.4 is 21.3 Å². The highest BCUT2D eigenvalue weighted by atomic mass is 32.1. The van der Waals surface area contributed by atoms with E-state index in [4.69, 9.17) is 28.4 Å². The predicted molar refractivity (Wildman–Crippen MR) is 340 cm³/mol. The third kappa shape index (κ3) is 23.1. The van der Waals surface area contributed by atoms with Crippen molar-refractivity contribution in [2.75, 3.05) is 105 Å². The van der Waals surface area contributed by atoms with Crippen LogP contribution >= 0.6 is 11.3 Å². The lowest BCUT2D eigenvalue weighted by Gasteiger charge is -2.35. The summed E-state index contributed by atoms with van der Waals surface area (Å²) in [6, 6.07) is 18.0. The maximum Gasteiger partial charge on any atom is 0.251 e. The van der Waals surface area contributed by atoms with Gasteiger partial charge in [-0.15, -0.1) is 21.5 Å². The summed E-state index contributed by atoms with van der Waals surface area (Å²) in [4.78, 5) is 83.2. The first-order valence-corrected chi connectivity index (χ1v) is 31.8. The number of amides is 5. The standard InChI is InChI=1S/C65H86F2N12O12S/c1-45-59(92-44-73-45)47-19-17-46(18-20-47)38-70-63(84)55-37-50(80)41-79(55)64(85)60(65(2,3)4)74-57(81)42-91-35-34-90-33-32-89-31-30-88-29-28-87-27-26-86-25-8-6-7-16-58(82)77(5)23-11-24-78-56(75-76-61(78)54-21-22-68-43-72-54)40-69-49-13-9-12-48(36-49)62(83)71-39-51-52(66)14-10-15-53(51)67/h9-10,12-15,17-22,36,43-44,50,55,60,69,80H,6-8,11,16,23-35,37-42H2,1-5H3,(H,70,84)(H,71,83)(H,74,81)/t50-,55?,60-/m1/s1. The maximum atomic E-state index is 14.1. The molecule has 7 rings (SSSR count). The summed E-state index contributed by atoms with van der Waals surface area (Å²) in [5.74, 6) is -2.11. The molecule has 0 spiro atoms. The number of halogens is 2. The molecule has 0 aliphatic carbocycles. The normalized spacial score (nSPS) is 14.3. The largest absolute Gasteiger partial charge is 0.391 e. The number of likely N-dealkylation sites (tertiary alicyclic amines) is 1. The molecule has 4 heterocycles. The number of aliphatic hydroxyl groups is 1. The number of hydrogen-bond donors (Lipinski definition) is 5. The van der Waals surface area contributed by atoms with E-state index in [0.717, 1.165) is 53.1 Å². The number of nitrogens with one attached hydrogen (secondary N) is 4. The molecule has 1 fully saturated rings. The molecule has 3 aromatic carbocycles. The van der Waals surface area contributed by atoms with Crippen LogP contribution in [-0.4, -0.2) is 192 Å². The Kier molecular flexibility index (Phi) is 29.4. The minimum Gasteiger partial charge on any atom is -0.391 e. The first-order chi connectivity index (χ1) is 44.5. The van der Waals surface area contributed by atoms with Gasteiger partial charge in [-0.1, -0.05) is 63.6 Å². The quantitative estimate of drug-likeness (QED) is 0.0264. The number of β-amino-alcohol motifs (C(OH)–C–C–N with tert-alkyl or cyclic N) is 1. The lowest BCUT2D eigenvalue weighted by Crippen LogP contribution is -2.58. The van der Waals surface area contributed by atoms with Gasteiger partial charge in [-0.3, -0.25) is 24.0 Å². The molecule has 1 unspecified atom stereocenters. The number of aliphatic hydroxyl groups excluding tert-OH is 1. The van der Waals surface area contributed by atoms with E-state index in [2.05, 4.69) is 46.4 Å². The summed E-state index contributed by atoms with van der Waals surface area (Å²) in [5, 5.41) is 31.0. The number of thiazole rings is 1. The van der Waals surface area contributed by atoms with E-state index in [9.17, 15) is 37.9 Å². The zero-order valence-corrected chi connectivity index (χ0v) is 53.9. The smallest absolute Gasteiger partial charge is 0.251 e. The van der Waals surface area contributed by atoms with Crippen molar-refractivity contribution in [1.82, 2.24) is 55.5 Å². The second kappa shape index (κ2) is 37.7. The zero-order chi connectivity index (χ0) is 65.7. The summed E-state index contributed by atoms with van der Waals surface area (Å²) in [7, 11) is 1.79. The van der Waals surface area contributed by atoms with Crippen LogP contribution in [0.25, 0.3) is 22.0 Å². The Labute approximate surface area is 539 Å². The fourth-order valence-corrected chi connectivity index (χ4v) is 10.7. The molecule has 27 heteroatoms. The Hall–Kier alpha value is -7.76. The van der Waals surface area contributed by atoms with Crippen LogP contribution in [0.5, 0.6) is 0 Å². The molecule has 3 aromatic heterocycles. The van der Waals surface area contributed by atoms with E-state index in [0.29, 0.717) is 114 Å². The lowest BCUT2D eigenvalue weighted by molar-refractivity contribution is -0.144. The number of unbranched alkanes of at least 4 members (excludes halogenated alkanes) is 2. The van der Waals surface area contributed by atoms with Crippen molar-refractivity contribution < 1.29 is 66.3 Å². The lowest BCUT2D eigenvalue weighted by atomic mass is 9.85. The van der Waals surface area contributed by atoms with E-state index < -0.39 is 53.0 Å². The van der Waals surface area contributed by atoms with Gasteiger partial charge in [0.2, 0.25) is 23.6 Å². The third-order valence-electron chi connectivity index (χ3n) is 15.0. The minimum atomic E-state index is -0.979. The van der Waals surface area contributed by atoms with Gasteiger partial charge in [-0.25, -0.2) is 23.7 Å². The van der Waals surface area contributed by atoms with Crippen LogP contribution in [0.15, 0.2) is 90.8 Å². The molecule has 92 heavy (non-hydrogen) atoms. The van der Waals surface area contributed by atoms with Crippen molar-refractivity contribution in [2.24, 2.45) is 5.41 Å². The second-order valence-electron chi connectivity index (χ2n) is 23.0. The molecular formula is C65H86F2N12O12S. The first kappa shape index (κ1) is 71.7. The van der Waals surface area contributed by atoms with Crippen LogP contribution in [0.1, 0.15) is 92.3 Å². The second-order valence-corrected chi connectivity index (χ2v) is 23.9. The number of hydrogen-bond acceptors (Lipinski definition) is 19. The summed E-state index contributed by atoms with van der Waals surface area (Å²) < 4.78 is 63.7. The van der Waals surface area contributed by atoms with Gasteiger partial charge in [0.1, 0.15) is 42.3 Å². The number of carbonyl (C=O) groups is 5. The molecule has 24 nitrogen and oxygen atoms in total. The van der Waals surface area contributed by atoms with Gasteiger partial charge >= 0.3 is 0 Å². The van der Waals surface area contributed by atoms with Gasteiger partial charge in [0.15, 0.2) is 11.6 Å². The fraction of sp³-hybridized carbons (Fsp3) is 0.508. The van der Waals surface area contributed by atoms with E-state index in [-0.39, 0.29) is 69.8 Å². The maximum absolute atomic E-state index is 14.1. The van der Waals surface area contributed by atoms with Gasteiger partial charge < -0.3 is 69.2 Å². The summed E-state index contributed by atoms with van der Waals surface area (Å²) >= 11 is 1.56. The molecule has 1 aliphatic rings. The number of benzene rings is 3. The molecule has 3 atom stereocenters. The van der Waals surface area contributed by atoms with Gasteiger partial charge in [0, 0.05) is 82.2 Å². The third-order valence-corrected chi connectivity index (χ3v) is 16.0. The highest BCUT2D eigenvalue weighted by molar-refractivity contribution is 7.13. The van der Waals surface area contributed by atoms with E-state index in [1.165, 1.54) is 17.3 Å². The van der Waals surface area contributed by atoms with Crippen LogP contribution in [0.3, 0.4) is 0 Å². The molecule has 498 valence electrons. The molecule has 5 N–H and O–H groups in total. The highest BCUT2D eigenvalue weighted by Crippen LogP contribution is 2.29. The minimum absolute atomic E-state index is 0.0288. The Morgan fingerprint density at radius 2 is 1.42 bits per heavy atom. The highest BCUT2D eigenvalue weighted by Gasteiger charge is 2.44. The van der Waals surface area contributed by atoms with Crippen LogP contribution in [0.4, 0.5) is 14.5 Å². The number of aryl methyl sites for hydroxylation is 1. The van der Waals surface area contributed by atoms with Crippen molar-refractivity contribution in [3.05, 3.63) is 131 Å². The molecule has 0 saturated carbocycles. The number of rotatable bonds is 40. The number of nitrogens with zero attached hydrogens (tertiary/aromatic N) is 8. The molecule has 5 amide bonds. The van der Waals surface area contributed by atoms with E-state index >= 15 is 0 Å². The topological polar surface area (TPSA) is 285 Å². The average molecular weight is 1300 g/mol. The van der Waals surface area contributed by atoms with Crippen LogP contribution in [0, 0.1) is 24.0 Å². The Morgan fingerprint density at radius 3 is 2.07 bits per heavy atom. The Bertz CT molecular complexity index is 3240. The van der Waals surface area contributed by atoms with Gasteiger partial charge in [0.25, 0.3) is 5.91 Å². The van der Waals surface area contributed by atoms with E-state index in [1.54, 1.807) is 65.3 Å². The van der Waals surface area contributed by atoms with Gasteiger partial charge in [-0.05, 0) is 79.1 Å². The average Bonchev–Trinajstić information content (AvgIpc) is 3.31. The van der Waals surface area contributed by atoms with Crippen molar-refractivity contribution in [1.29, 1.82) is 0 Å². The predicted octanol–water partition coefficient (Wildman–Crippen LogP) is 6.30. The van der Waals surface area contributed by atoms with E-state index in [1.807, 2.05) is 56.5 Å². The van der Waals surface area contributed by atoms with Crippen LogP contribution in [-0.2, 0) is 73.8 Å². The van der Waals surface area contributed by atoms with Gasteiger partial charge in [-0.2, -0.15) is 0 Å². The van der Waals surface area contributed by atoms with Crippen molar-refractivity contribution in [3.63, 3.8) is 0 Å². The van der Waals surface area contributed by atoms with Crippen molar-refractivity contribution in [2.45, 2.75) is 111 Å². The fourth-order valence-electron chi connectivity index (χ4n) is 9.92. The molecule has 0 radical (unpaired) electrons. The number of ether oxygens (including phenoxy) is 6. The molecule has 0 bridgehead atoms. The number of anilines is 1.